The molecule has 4 nitrogen and oxygen atoms in total. The number of nitrogens with one attached hydrogen (secondary N) is 1. The van der Waals surface area contributed by atoms with E-state index in [4.69, 9.17) is 4.74 Å². The van der Waals surface area contributed by atoms with E-state index in [1.54, 1.807) is 0 Å². The first-order chi connectivity index (χ1) is 11.3. The quantitative estimate of drug-likeness (QED) is 0.905. The number of morpholine rings is 1. The predicted octanol–water partition coefficient (Wildman–Crippen LogP) is 3.43. The Hall–Kier alpha value is -1.39. The number of nitrogens with zero attached hydrogens (tertiary/aromatic N) is 1. The smallest absolute Gasteiger partial charge is 0.224 e. The number of anilines is 1. The van der Waals surface area contributed by atoms with E-state index >= 15 is 0 Å². The van der Waals surface area contributed by atoms with E-state index < -0.39 is 0 Å². The number of benzene rings is 1. The third-order valence-corrected chi connectivity index (χ3v) is 4.95. The zero-order valence-electron chi connectivity index (χ0n) is 13.9. The molecule has 1 heterocycles. The summed E-state index contributed by atoms with van der Waals surface area (Å²) in [4.78, 5) is 14.6. The molecule has 0 bridgehead atoms. The van der Waals surface area contributed by atoms with Crippen LogP contribution in [0.1, 0.15) is 44.1 Å². The van der Waals surface area contributed by atoms with Crippen molar-refractivity contribution in [2.75, 3.05) is 31.6 Å². The Morgan fingerprint density at radius 2 is 1.78 bits per heavy atom. The molecule has 2 fully saturated rings. The van der Waals surface area contributed by atoms with Gasteiger partial charge in [-0.25, -0.2) is 0 Å². The van der Waals surface area contributed by atoms with Gasteiger partial charge in [0.15, 0.2) is 0 Å². The zero-order valence-corrected chi connectivity index (χ0v) is 13.9. The van der Waals surface area contributed by atoms with E-state index in [-0.39, 0.29) is 5.91 Å². The molecular formula is C19H28N2O2. The molecule has 1 aromatic rings. The van der Waals surface area contributed by atoms with E-state index in [1.807, 2.05) is 12.1 Å². The number of amides is 1. The van der Waals surface area contributed by atoms with E-state index in [0.29, 0.717) is 12.3 Å². The van der Waals surface area contributed by atoms with Gasteiger partial charge < -0.3 is 10.1 Å². The van der Waals surface area contributed by atoms with Gasteiger partial charge in [-0.3, -0.25) is 9.69 Å². The van der Waals surface area contributed by atoms with Crippen LogP contribution in [0.5, 0.6) is 0 Å². The van der Waals surface area contributed by atoms with Gasteiger partial charge in [0.1, 0.15) is 0 Å². The first-order valence-corrected chi connectivity index (χ1v) is 8.98. The molecule has 1 N–H and O–H groups in total. The molecule has 0 spiro atoms. The van der Waals surface area contributed by atoms with Crippen molar-refractivity contribution in [1.29, 1.82) is 0 Å². The molecule has 3 rings (SSSR count). The van der Waals surface area contributed by atoms with Crippen molar-refractivity contribution in [3.63, 3.8) is 0 Å². The Balaban J connectivity index is 1.45. The minimum absolute atomic E-state index is 0.165. The van der Waals surface area contributed by atoms with Gasteiger partial charge in [0.25, 0.3) is 0 Å². The molecule has 1 aliphatic heterocycles. The van der Waals surface area contributed by atoms with Crippen LogP contribution in [0, 0.1) is 5.92 Å². The molecule has 126 valence electrons. The zero-order chi connectivity index (χ0) is 15.9. The van der Waals surface area contributed by atoms with Crippen LogP contribution in [0.3, 0.4) is 0 Å². The van der Waals surface area contributed by atoms with Crippen LogP contribution >= 0.6 is 0 Å². The third-order valence-electron chi connectivity index (χ3n) is 4.95. The Labute approximate surface area is 139 Å². The average molecular weight is 316 g/mol. The number of carbonyl (C=O) groups is 1. The van der Waals surface area contributed by atoms with Gasteiger partial charge >= 0.3 is 0 Å². The summed E-state index contributed by atoms with van der Waals surface area (Å²) in [7, 11) is 0. The predicted molar refractivity (Wildman–Crippen MR) is 92.4 cm³/mol. The summed E-state index contributed by atoms with van der Waals surface area (Å²) in [5.74, 6) is 0.752. The number of carbonyl (C=O) groups excluding carboxylic acids is 1. The van der Waals surface area contributed by atoms with Gasteiger partial charge in [0.05, 0.1) is 13.2 Å². The van der Waals surface area contributed by atoms with Crippen LogP contribution in [0.15, 0.2) is 24.3 Å². The Kier molecular flexibility index (Phi) is 6.06. The topological polar surface area (TPSA) is 41.6 Å². The maximum Gasteiger partial charge on any atom is 0.224 e. The minimum Gasteiger partial charge on any atom is -0.379 e. The van der Waals surface area contributed by atoms with Crippen LogP contribution in [-0.2, 0) is 16.1 Å². The molecule has 1 aromatic carbocycles. The Bertz CT molecular complexity index is 489. The Morgan fingerprint density at radius 3 is 2.48 bits per heavy atom. The van der Waals surface area contributed by atoms with E-state index in [2.05, 4.69) is 22.3 Å². The molecular weight excluding hydrogens is 288 g/mol. The molecule has 1 aliphatic carbocycles. The highest BCUT2D eigenvalue weighted by Crippen LogP contribution is 2.26. The second-order valence-electron chi connectivity index (χ2n) is 6.84. The van der Waals surface area contributed by atoms with E-state index in [1.165, 1.54) is 37.7 Å². The van der Waals surface area contributed by atoms with E-state index in [0.717, 1.165) is 38.5 Å². The SMILES string of the molecule is O=C(CC1CCCCC1)Nc1ccc(CN2CCOCC2)cc1. The average Bonchev–Trinajstić information content (AvgIpc) is 2.58. The fourth-order valence-corrected chi connectivity index (χ4v) is 3.58. The second kappa shape index (κ2) is 8.46. The molecule has 2 aliphatic rings. The fraction of sp³-hybridized carbons (Fsp3) is 0.632. The summed E-state index contributed by atoms with van der Waals surface area (Å²) in [6, 6.07) is 8.28. The number of rotatable bonds is 5. The summed E-state index contributed by atoms with van der Waals surface area (Å²) in [5, 5.41) is 3.05. The van der Waals surface area contributed by atoms with Gasteiger partial charge in [-0.15, -0.1) is 0 Å². The van der Waals surface area contributed by atoms with Crippen molar-refractivity contribution in [3.8, 4) is 0 Å². The van der Waals surface area contributed by atoms with E-state index in [9.17, 15) is 4.79 Å². The van der Waals surface area contributed by atoms with Gasteiger partial charge in [-0.05, 0) is 36.5 Å². The highest BCUT2D eigenvalue weighted by molar-refractivity contribution is 5.90. The van der Waals surface area contributed by atoms with Crippen molar-refractivity contribution in [3.05, 3.63) is 29.8 Å². The van der Waals surface area contributed by atoms with Crippen molar-refractivity contribution >= 4 is 11.6 Å². The molecule has 1 amide bonds. The van der Waals surface area contributed by atoms with Crippen molar-refractivity contribution in [2.45, 2.75) is 45.1 Å². The monoisotopic (exact) mass is 316 g/mol. The molecule has 0 atom stereocenters. The number of hydrogen-bond acceptors (Lipinski definition) is 3. The first-order valence-electron chi connectivity index (χ1n) is 8.98. The standard InChI is InChI=1S/C19H28N2O2/c22-19(14-16-4-2-1-3-5-16)20-18-8-6-17(7-9-18)15-21-10-12-23-13-11-21/h6-9,16H,1-5,10-15H2,(H,20,22). The first kappa shape index (κ1) is 16.5. The van der Waals surface area contributed by atoms with Crippen LogP contribution in [0.25, 0.3) is 0 Å². The summed E-state index contributed by atoms with van der Waals surface area (Å²) in [6.07, 6.45) is 7.01. The van der Waals surface area contributed by atoms with Crippen LogP contribution in [0.2, 0.25) is 0 Å². The summed E-state index contributed by atoms with van der Waals surface area (Å²) in [6.45, 7) is 4.62. The second-order valence-corrected chi connectivity index (χ2v) is 6.84. The normalized spacial score (nSPS) is 20.3. The van der Waals surface area contributed by atoms with Gasteiger partial charge in [0.2, 0.25) is 5.91 Å². The maximum atomic E-state index is 12.1. The highest BCUT2D eigenvalue weighted by Gasteiger charge is 2.17. The molecule has 1 saturated heterocycles. The summed E-state index contributed by atoms with van der Waals surface area (Å²) >= 11 is 0. The maximum absolute atomic E-state index is 12.1. The van der Waals surface area contributed by atoms with Gasteiger partial charge in [0, 0.05) is 31.7 Å². The fourth-order valence-electron chi connectivity index (χ4n) is 3.58. The lowest BCUT2D eigenvalue weighted by atomic mass is 9.87. The molecule has 0 aromatic heterocycles. The van der Waals surface area contributed by atoms with Crippen molar-refractivity contribution < 1.29 is 9.53 Å². The minimum atomic E-state index is 0.165. The molecule has 0 unspecified atom stereocenters. The molecule has 1 saturated carbocycles. The largest absolute Gasteiger partial charge is 0.379 e. The molecule has 0 radical (unpaired) electrons. The number of ether oxygens (including phenoxy) is 1. The Morgan fingerprint density at radius 1 is 1.09 bits per heavy atom. The summed E-state index contributed by atoms with van der Waals surface area (Å²) in [5.41, 5.74) is 2.20. The lowest BCUT2D eigenvalue weighted by Gasteiger charge is -2.26. The van der Waals surface area contributed by atoms with Gasteiger partial charge in [-0.1, -0.05) is 31.4 Å². The number of hydrogen-bond donors (Lipinski definition) is 1. The lowest BCUT2D eigenvalue weighted by Crippen LogP contribution is -2.35. The van der Waals surface area contributed by atoms with Crippen LogP contribution in [-0.4, -0.2) is 37.1 Å². The third kappa shape index (κ3) is 5.33. The van der Waals surface area contributed by atoms with Crippen molar-refractivity contribution in [2.24, 2.45) is 5.92 Å². The van der Waals surface area contributed by atoms with Crippen molar-refractivity contribution in [1.82, 2.24) is 4.90 Å². The highest BCUT2D eigenvalue weighted by atomic mass is 16.5. The lowest BCUT2D eigenvalue weighted by molar-refractivity contribution is -0.117. The van der Waals surface area contributed by atoms with Crippen LogP contribution < -0.4 is 5.32 Å². The molecule has 4 heteroatoms. The molecule has 23 heavy (non-hydrogen) atoms. The van der Waals surface area contributed by atoms with Gasteiger partial charge in [-0.2, -0.15) is 0 Å². The summed E-state index contributed by atoms with van der Waals surface area (Å²) < 4.78 is 5.37. The van der Waals surface area contributed by atoms with Crippen LogP contribution in [0.4, 0.5) is 5.69 Å².